The van der Waals surface area contributed by atoms with Crippen molar-refractivity contribution in [3.8, 4) is 0 Å². The minimum Gasteiger partial charge on any atom is -0.321 e. The molecule has 0 atom stereocenters. The summed E-state index contributed by atoms with van der Waals surface area (Å²) in [6, 6.07) is 11.0. The molecule has 0 amide bonds. The second kappa shape index (κ2) is 5.39. The molecule has 0 N–H and O–H groups in total. The van der Waals surface area contributed by atoms with Crippen LogP contribution in [0, 0.1) is 17.6 Å². The van der Waals surface area contributed by atoms with Crippen molar-refractivity contribution in [1.82, 2.24) is 0 Å². The molecule has 0 saturated carbocycles. The quantitative estimate of drug-likeness (QED) is 0.687. The van der Waals surface area contributed by atoms with Gasteiger partial charge in [0.05, 0.1) is 0 Å². The van der Waals surface area contributed by atoms with Gasteiger partial charge in [-0.1, -0.05) is 20.8 Å². The molecule has 0 heterocycles. The molecule has 0 aliphatic rings. The van der Waals surface area contributed by atoms with Crippen LogP contribution in [-0.2, 0) is 21.1 Å². The molecule has 0 aromatic heterocycles. The number of hydrogen-bond acceptors (Lipinski definition) is 0. The van der Waals surface area contributed by atoms with Gasteiger partial charge in [0.25, 0.3) is 0 Å². The predicted molar refractivity (Wildman–Crippen MR) is 52.4 cm³/mol. The van der Waals surface area contributed by atoms with E-state index in [9.17, 15) is 0 Å². The van der Waals surface area contributed by atoms with E-state index in [2.05, 4.69) is 32.9 Å². The summed E-state index contributed by atoms with van der Waals surface area (Å²) in [5, 5.41) is 0. The van der Waals surface area contributed by atoms with Crippen molar-refractivity contribution in [2.24, 2.45) is 5.41 Å². The van der Waals surface area contributed by atoms with Gasteiger partial charge in [-0.15, -0.1) is 11.5 Å². The van der Waals surface area contributed by atoms with Gasteiger partial charge < -0.3 is 17.7 Å². The van der Waals surface area contributed by atoms with Crippen LogP contribution in [-0.4, -0.2) is 0 Å². The molecule has 0 radical (unpaired) electrons. The van der Waals surface area contributed by atoms with E-state index in [0.717, 1.165) is 5.56 Å². The van der Waals surface area contributed by atoms with Crippen molar-refractivity contribution < 1.29 is 21.1 Å². The van der Waals surface area contributed by atoms with E-state index in [0.29, 0.717) is 0 Å². The topological polar surface area (TPSA) is 0 Å². The zero-order chi connectivity index (χ0) is 9.03. The fraction of sp³-hybridized carbons (Fsp3) is 0.333. The van der Waals surface area contributed by atoms with Crippen molar-refractivity contribution in [1.29, 1.82) is 0 Å². The first-order valence-corrected chi connectivity index (χ1v) is 4.15. The molecule has 1 aromatic rings. The van der Waals surface area contributed by atoms with Crippen LogP contribution in [0.3, 0.4) is 0 Å². The molecule has 68 valence electrons. The van der Waals surface area contributed by atoms with Gasteiger partial charge in [0.15, 0.2) is 0 Å². The summed E-state index contributed by atoms with van der Waals surface area (Å²) in [6.45, 7) is 6.39. The second-order valence-electron chi connectivity index (χ2n) is 3.86. The summed E-state index contributed by atoms with van der Waals surface area (Å²) in [4.78, 5) is 0. The van der Waals surface area contributed by atoms with Gasteiger partial charge in [-0.05, 0) is 0 Å². The third-order valence-corrected chi connectivity index (χ3v) is 1.39. The first-order chi connectivity index (χ1) is 5.58. The van der Waals surface area contributed by atoms with E-state index >= 15 is 0 Å². The molecule has 1 aromatic carbocycles. The Labute approximate surface area is 95.3 Å². The van der Waals surface area contributed by atoms with Crippen LogP contribution in [0.5, 0.6) is 0 Å². The Bertz CT molecular complexity index is 254. The molecule has 0 nitrogen and oxygen atoms in total. The maximum Gasteiger partial charge on any atom is 2.00 e. The Balaban J connectivity index is 0.00000144. The molecule has 1 heteroatoms. The molecule has 0 aliphatic heterocycles. The average Bonchev–Trinajstić information content (AvgIpc) is 2.02. The van der Waals surface area contributed by atoms with E-state index < -0.39 is 0 Å². The van der Waals surface area contributed by atoms with Gasteiger partial charge in [0.2, 0.25) is 0 Å². The molecule has 0 aliphatic carbocycles. The van der Waals surface area contributed by atoms with Gasteiger partial charge in [0.1, 0.15) is 0 Å². The molecule has 1 rings (SSSR count). The zero-order valence-corrected chi connectivity index (χ0v) is 11.2. The third-order valence-electron chi connectivity index (χ3n) is 1.39. The number of allylic oxidation sites excluding steroid dienone is 1. The minimum absolute atomic E-state index is 0. The van der Waals surface area contributed by atoms with Gasteiger partial charge >= 0.3 is 21.1 Å². The van der Waals surface area contributed by atoms with Crippen molar-refractivity contribution in [2.45, 2.75) is 20.8 Å². The van der Waals surface area contributed by atoms with Crippen LogP contribution < -0.4 is 0 Å². The maximum absolute atomic E-state index is 3.28. The monoisotopic (exact) mass is 342 g/mol. The molecular formula is C12H14W. The Morgan fingerprint density at radius 1 is 1.31 bits per heavy atom. The van der Waals surface area contributed by atoms with Crippen molar-refractivity contribution >= 4 is 6.08 Å². The Hall–Kier alpha value is -0.352. The average molecular weight is 342 g/mol. The van der Waals surface area contributed by atoms with Crippen LogP contribution in [0.4, 0.5) is 0 Å². The molecule has 0 saturated heterocycles. The fourth-order valence-electron chi connectivity index (χ4n) is 0.791. The SMILES string of the molecule is CC(C)(C)[C-]=Cc1[c-]cccc1.[W+2]. The van der Waals surface area contributed by atoms with Gasteiger partial charge in [0, 0.05) is 0 Å². The van der Waals surface area contributed by atoms with E-state index in [-0.39, 0.29) is 26.5 Å². The number of hydrogen-bond donors (Lipinski definition) is 0. The van der Waals surface area contributed by atoms with Crippen LogP contribution in [0.25, 0.3) is 6.08 Å². The molecule has 0 bridgehead atoms. The van der Waals surface area contributed by atoms with Crippen molar-refractivity contribution in [3.05, 3.63) is 42.0 Å². The summed E-state index contributed by atoms with van der Waals surface area (Å²) < 4.78 is 0. The number of benzene rings is 1. The smallest absolute Gasteiger partial charge is 0.321 e. The molecule has 0 spiro atoms. The molecule has 0 fully saturated rings. The largest absolute Gasteiger partial charge is 2.00 e. The Morgan fingerprint density at radius 2 is 2.00 bits per heavy atom. The van der Waals surface area contributed by atoms with E-state index in [1.54, 1.807) is 0 Å². The molecule has 13 heavy (non-hydrogen) atoms. The third kappa shape index (κ3) is 5.82. The van der Waals surface area contributed by atoms with Crippen LogP contribution in [0.2, 0.25) is 0 Å². The summed E-state index contributed by atoms with van der Waals surface area (Å²) in [5.41, 5.74) is 1.22. The van der Waals surface area contributed by atoms with Crippen LogP contribution in [0.15, 0.2) is 24.3 Å². The minimum atomic E-state index is 0. The van der Waals surface area contributed by atoms with Gasteiger partial charge in [-0.2, -0.15) is 12.1 Å². The second-order valence-corrected chi connectivity index (χ2v) is 3.86. The Morgan fingerprint density at radius 3 is 2.46 bits per heavy atom. The van der Waals surface area contributed by atoms with Crippen LogP contribution >= 0.6 is 0 Å². The first kappa shape index (κ1) is 12.6. The summed E-state index contributed by atoms with van der Waals surface area (Å²) in [6.07, 6.45) is 5.27. The molecular weight excluding hydrogens is 328 g/mol. The number of rotatable bonds is 1. The maximum atomic E-state index is 3.28. The van der Waals surface area contributed by atoms with E-state index in [1.807, 2.05) is 30.3 Å². The van der Waals surface area contributed by atoms with Crippen molar-refractivity contribution in [3.63, 3.8) is 0 Å². The summed E-state index contributed by atoms with van der Waals surface area (Å²) >= 11 is 0. The van der Waals surface area contributed by atoms with Gasteiger partial charge in [-0.3, -0.25) is 0 Å². The normalized spacial score (nSPS) is 11.3. The standard InChI is InChI=1S/C12H14.W/c1-12(2,3)10-9-11-7-5-4-6-8-11;/h4-7,9H,1-3H3;/q-2;+2. The fourth-order valence-corrected chi connectivity index (χ4v) is 0.791. The zero-order valence-electron chi connectivity index (χ0n) is 8.29. The van der Waals surface area contributed by atoms with E-state index in [4.69, 9.17) is 0 Å². The Kier molecular flexibility index (Phi) is 5.25. The van der Waals surface area contributed by atoms with Gasteiger partial charge in [-0.25, -0.2) is 12.1 Å². The van der Waals surface area contributed by atoms with E-state index in [1.165, 1.54) is 0 Å². The van der Waals surface area contributed by atoms with Crippen LogP contribution in [0.1, 0.15) is 26.3 Å². The summed E-state index contributed by atoms with van der Waals surface area (Å²) in [5.74, 6) is 0. The van der Waals surface area contributed by atoms with Crippen molar-refractivity contribution in [2.75, 3.05) is 0 Å². The summed E-state index contributed by atoms with van der Waals surface area (Å²) in [7, 11) is 0. The molecule has 0 unspecified atom stereocenters. The predicted octanol–water partition coefficient (Wildman–Crippen LogP) is 3.35. The first-order valence-electron chi connectivity index (χ1n) is 4.15.